The highest BCUT2D eigenvalue weighted by Gasteiger charge is 1.80. The Morgan fingerprint density at radius 3 is 2.30 bits per heavy atom. The molecule has 0 N–H and O–H groups in total. The van der Waals surface area contributed by atoms with Gasteiger partial charge in [0.15, 0.2) is 0 Å². The molecule has 0 unspecified atom stereocenters. The standard InChI is InChI=1S/C9H12O/c1-3-5-6-7-9(4-2)8-10/h3-8H,1-2H3/b5-3-,7-6-,9-4+. The Kier molecular flexibility index (Phi) is 5.35. The van der Waals surface area contributed by atoms with Gasteiger partial charge >= 0.3 is 0 Å². The van der Waals surface area contributed by atoms with Crippen LogP contribution < -0.4 is 0 Å². The number of hydrogen-bond donors (Lipinski definition) is 0. The average molecular weight is 136 g/mol. The fourth-order valence-electron chi connectivity index (χ4n) is 0.481. The van der Waals surface area contributed by atoms with E-state index in [0.717, 1.165) is 6.29 Å². The normalized spacial score (nSPS) is 13.2. The summed E-state index contributed by atoms with van der Waals surface area (Å²) in [5.41, 5.74) is 0.707. The first kappa shape index (κ1) is 8.89. The molecule has 0 fully saturated rings. The van der Waals surface area contributed by atoms with Crippen molar-refractivity contribution in [1.29, 1.82) is 0 Å². The van der Waals surface area contributed by atoms with Crippen LogP contribution in [0.25, 0.3) is 0 Å². The third kappa shape index (κ3) is 3.84. The van der Waals surface area contributed by atoms with Crippen molar-refractivity contribution in [2.45, 2.75) is 13.8 Å². The van der Waals surface area contributed by atoms with Crippen molar-refractivity contribution >= 4 is 6.29 Å². The second-order valence-corrected chi connectivity index (χ2v) is 1.79. The van der Waals surface area contributed by atoms with Crippen LogP contribution in [-0.2, 0) is 4.79 Å². The van der Waals surface area contributed by atoms with Crippen molar-refractivity contribution in [3.8, 4) is 0 Å². The lowest BCUT2D eigenvalue weighted by Gasteiger charge is -1.82. The lowest BCUT2D eigenvalue weighted by molar-refractivity contribution is -0.104. The van der Waals surface area contributed by atoms with Gasteiger partial charge in [0.25, 0.3) is 0 Å². The summed E-state index contributed by atoms with van der Waals surface area (Å²) in [6.07, 6.45) is 10.0. The van der Waals surface area contributed by atoms with Gasteiger partial charge in [0, 0.05) is 5.57 Å². The van der Waals surface area contributed by atoms with Crippen LogP contribution in [0, 0.1) is 0 Å². The zero-order chi connectivity index (χ0) is 7.82. The van der Waals surface area contributed by atoms with E-state index < -0.39 is 0 Å². The molecule has 0 rings (SSSR count). The summed E-state index contributed by atoms with van der Waals surface area (Å²) in [4.78, 5) is 10.2. The van der Waals surface area contributed by atoms with E-state index in [2.05, 4.69) is 0 Å². The van der Waals surface area contributed by atoms with Crippen LogP contribution in [-0.4, -0.2) is 6.29 Å². The van der Waals surface area contributed by atoms with Crippen LogP contribution in [0.3, 0.4) is 0 Å². The first-order valence-electron chi connectivity index (χ1n) is 3.26. The number of carbonyl (C=O) groups is 1. The summed E-state index contributed by atoms with van der Waals surface area (Å²) < 4.78 is 0. The summed E-state index contributed by atoms with van der Waals surface area (Å²) >= 11 is 0. The Hall–Kier alpha value is -1.11. The molecular weight excluding hydrogens is 124 g/mol. The largest absolute Gasteiger partial charge is 0.298 e. The van der Waals surface area contributed by atoms with Gasteiger partial charge < -0.3 is 0 Å². The van der Waals surface area contributed by atoms with Crippen molar-refractivity contribution < 1.29 is 4.79 Å². The summed E-state index contributed by atoms with van der Waals surface area (Å²) in [7, 11) is 0. The minimum atomic E-state index is 0.707. The lowest BCUT2D eigenvalue weighted by Crippen LogP contribution is -1.74. The Morgan fingerprint density at radius 1 is 1.20 bits per heavy atom. The van der Waals surface area contributed by atoms with Crippen molar-refractivity contribution in [1.82, 2.24) is 0 Å². The number of allylic oxidation sites excluding steroid dienone is 6. The molecule has 54 valence electrons. The van der Waals surface area contributed by atoms with Crippen molar-refractivity contribution in [2.75, 3.05) is 0 Å². The molecule has 0 saturated carbocycles. The van der Waals surface area contributed by atoms with Crippen LogP contribution in [0.4, 0.5) is 0 Å². The van der Waals surface area contributed by atoms with E-state index in [9.17, 15) is 4.79 Å². The highest BCUT2D eigenvalue weighted by Crippen LogP contribution is 1.91. The molecule has 0 aliphatic carbocycles. The highest BCUT2D eigenvalue weighted by molar-refractivity contribution is 5.77. The zero-order valence-corrected chi connectivity index (χ0v) is 6.37. The van der Waals surface area contributed by atoms with Crippen molar-refractivity contribution in [2.24, 2.45) is 0 Å². The molecule has 0 atom stereocenters. The van der Waals surface area contributed by atoms with Crippen LogP contribution in [0.2, 0.25) is 0 Å². The molecule has 0 aromatic heterocycles. The third-order valence-corrected chi connectivity index (χ3v) is 1.06. The van der Waals surface area contributed by atoms with Gasteiger partial charge in [0.05, 0.1) is 0 Å². The average Bonchev–Trinajstić information content (AvgIpc) is 1.99. The predicted molar refractivity (Wildman–Crippen MR) is 43.8 cm³/mol. The van der Waals surface area contributed by atoms with Gasteiger partial charge in [0.2, 0.25) is 0 Å². The number of hydrogen-bond acceptors (Lipinski definition) is 1. The molecule has 1 heteroatoms. The monoisotopic (exact) mass is 136 g/mol. The van der Waals surface area contributed by atoms with Crippen molar-refractivity contribution in [3.05, 3.63) is 36.0 Å². The van der Waals surface area contributed by atoms with Gasteiger partial charge in [0.1, 0.15) is 6.29 Å². The number of aldehydes is 1. The van der Waals surface area contributed by atoms with Gasteiger partial charge in [-0.1, -0.05) is 30.4 Å². The Morgan fingerprint density at radius 2 is 1.90 bits per heavy atom. The SMILES string of the molecule is C\C=C/C=C\C(C=O)=C/C. The molecule has 0 heterocycles. The Bertz CT molecular complexity index is 173. The smallest absolute Gasteiger partial charge is 0.149 e. The van der Waals surface area contributed by atoms with Gasteiger partial charge in [-0.25, -0.2) is 0 Å². The molecule has 0 saturated heterocycles. The first-order valence-corrected chi connectivity index (χ1v) is 3.26. The maximum Gasteiger partial charge on any atom is 0.149 e. The summed E-state index contributed by atoms with van der Waals surface area (Å²) in [6.45, 7) is 3.77. The van der Waals surface area contributed by atoms with E-state index in [4.69, 9.17) is 0 Å². The maximum atomic E-state index is 10.2. The van der Waals surface area contributed by atoms with Crippen LogP contribution in [0.15, 0.2) is 36.0 Å². The van der Waals surface area contributed by atoms with E-state index in [-0.39, 0.29) is 0 Å². The molecule has 0 aliphatic heterocycles. The Labute approximate surface area is 61.8 Å². The third-order valence-electron chi connectivity index (χ3n) is 1.06. The minimum Gasteiger partial charge on any atom is -0.298 e. The lowest BCUT2D eigenvalue weighted by atomic mass is 10.2. The molecule has 0 amide bonds. The molecule has 0 aromatic rings. The van der Waals surface area contributed by atoms with Gasteiger partial charge in [-0.2, -0.15) is 0 Å². The summed E-state index contributed by atoms with van der Waals surface area (Å²) in [6, 6.07) is 0. The fraction of sp³-hybridized carbons (Fsp3) is 0.222. The molecule has 1 nitrogen and oxygen atoms in total. The Balaban J connectivity index is 3.98. The van der Waals surface area contributed by atoms with Gasteiger partial charge in [-0.3, -0.25) is 4.79 Å². The second-order valence-electron chi connectivity index (χ2n) is 1.79. The van der Waals surface area contributed by atoms with Crippen LogP contribution in [0.5, 0.6) is 0 Å². The quantitative estimate of drug-likeness (QED) is 0.330. The van der Waals surface area contributed by atoms with E-state index in [1.54, 1.807) is 12.2 Å². The van der Waals surface area contributed by atoms with Gasteiger partial charge in [-0.15, -0.1) is 0 Å². The fourth-order valence-corrected chi connectivity index (χ4v) is 0.481. The number of carbonyl (C=O) groups excluding carboxylic acids is 1. The first-order chi connectivity index (χ1) is 4.85. The summed E-state index contributed by atoms with van der Waals surface area (Å²) in [5, 5.41) is 0. The van der Waals surface area contributed by atoms with E-state index in [0.29, 0.717) is 5.57 Å². The second kappa shape index (κ2) is 6.02. The molecule has 0 aliphatic rings. The van der Waals surface area contributed by atoms with E-state index >= 15 is 0 Å². The topological polar surface area (TPSA) is 17.1 Å². The van der Waals surface area contributed by atoms with Crippen molar-refractivity contribution in [3.63, 3.8) is 0 Å². The molecule has 10 heavy (non-hydrogen) atoms. The molecule has 0 bridgehead atoms. The van der Waals surface area contributed by atoms with E-state index in [1.807, 2.05) is 32.1 Å². The predicted octanol–water partition coefficient (Wildman–Crippen LogP) is 2.26. The molecule has 0 radical (unpaired) electrons. The minimum absolute atomic E-state index is 0.707. The van der Waals surface area contributed by atoms with Gasteiger partial charge in [-0.05, 0) is 13.8 Å². The highest BCUT2D eigenvalue weighted by atomic mass is 16.1. The number of rotatable bonds is 3. The molecular formula is C9H12O. The molecule has 0 aromatic carbocycles. The summed E-state index contributed by atoms with van der Waals surface area (Å²) in [5.74, 6) is 0. The molecule has 0 spiro atoms. The maximum absolute atomic E-state index is 10.2. The zero-order valence-electron chi connectivity index (χ0n) is 6.37. The van der Waals surface area contributed by atoms with Crippen LogP contribution in [0.1, 0.15) is 13.8 Å². The van der Waals surface area contributed by atoms with Crippen LogP contribution >= 0.6 is 0 Å². The van der Waals surface area contributed by atoms with E-state index in [1.165, 1.54) is 0 Å².